The smallest absolute Gasteiger partial charge is 0.121 e. The van der Waals surface area contributed by atoms with Crippen molar-refractivity contribution < 1.29 is 24.5 Å². The SMILES string of the molecule is Cc1c[c-]c(-c2cc(C)c([Si](C)(C)C)cn2)cc1.Cc1ccc(-c2ccc3c(c2)oc2c(-c4ccccn4)[c-]ccc23)cc1.[Ir]. The van der Waals surface area contributed by atoms with E-state index in [1.165, 1.54) is 27.4 Å². The minimum atomic E-state index is -1.28. The minimum Gasteiger partial charge on any atom is -0.501 e. The fraction of sp³-hybridized carbons (Fsp3) is 0.150. The van der Waals surface area contributed by atoms with Gasteiger partial charge in [0, 0.05) is 37.9 Å². The maximum Gasteiger partial charge on any atom is 0.121 e. The van der Waals surface area contributed by atoms with Crippen LogP contribution in [0.25, 0.3) is 55.6 Å². The summed E-state index contributed by atoms with van der Waals surface area (Å²) < 4.78 is 6.25. The van der Waals surface area contributed by atoms with Crippen LogP contribution in [-0.4, -0.2) is 18.0 Å². The second-order valence-electron chi connectivity index (χ2n) is 12.4. The third-order valence-corrected chi connectivity index (χ3v) is 10.0. The molecule has 0 spiro atoms. The van der Waals surface area contributed by atoms with Gasteiger partial charge in [-0.2, -0.15) is 0 Å². The van der Waals surface area contributed by atoms with Crippen LogP contribution in [0.1, 0.15) is 16.7 Å². The molecule has 0 aliphatic carbocycles. The largest absolute Gasteiger partial charge is 0.501 e. The monoisotopic (exact) mass is 781 g/mol. The molecule has 227 valence electrons. The van der Waals surface area contributed by atoms with E-state index in [9.17, 15) is 0 Å². The van der Waals surface area contributed by atoms with Crippen molar-refractivity contribution in [1.29, 1.82) is 0 Å². The molecule has 45 heavy (non-hydrogen) atoms. The van der Waals surface area contributed by atoms with Crippen LogP contribution in [-0.2, 0) is 20.1 Å². The van der Waals surface area contributed by atoms with Crippen molar-refractivity contribution in [3.8, 4) is 33.6 Å². The van der Waals surface area contributed by atoms with Gasteiger partial charge in [0.1, 0.15) is 5.58 Å². The number of hydrogen-bond acceptors (Lipinski definition) is 3. The summed E-state index contributed by atoms with van der Waals surface area (Å²) in [5.74, 6) is 0. The Morgan fingerprint density at radius 1 is 0.689 bits per heavy atom. The fourth-order valence-electron chi connectivity index (χ4n) is 5.52. The zero-order valence-corrected chi connectivity index (χ0v) is 29.9. The van der Waals surface area contributed by atoms with Crippen molar-refractivity contribution in [3.63, 3.8) is 0 Å². The van der Waals surface area contributed by atoms with Gasteiger partial charge < -0.3 is 14.4 Å². The second kappa shape index (κ2) is 13.5. The van der Waals surface area contributed by atoms with Crippen LogP contribution >= 0.6 is 0 Å². The van der Waals surface area contributed by atoms with Crippen LogP contribution in [0.2, 0.25) is 19.6 Å². The van der Waals surface area contributed by atoms with E-state index >= 15 is 0 Å². The van der Waals surface area contributed by atoms with E-state index in [-0.39, 0.29) is 20.1 Å². The molecule has 0 N–H and O–H groups in total. The average molecular weight is 781 g/mol. The molecule has 0 aliphatic rings. The molecule has 3 aromatic heterocycles. The van der Waals surface area contributed by atoms with Crippen LogP contribution in [0, 0.1) is 32.9 Å². The third kappa shape index (κ3) is 7.07. The predicted octanol–water partition coefficient (Wildman–Crippen LogP) is 10.1. The summed E-state index contributed by atoms with van der Waals surface area (Å²) in [4.78, 5) is 9.06. The predicted molar refractivity (Wildman–Crippen MR) is 187 cm³/mol. The molecule has 0 unspecified atom stereocenters. The molecule has 3 heterocycles. The van der Waals surface area contributed by atoms with Gasteiger partial charge in [-0.3, -0.25) is 0 Å². The van der Waals surface area contributed by atoms with Crippen LogP contribution in [0.4, 0.5) is 0 Å². The topological polar surface area (TPSA) is 38.9 Å². The Labute approximate surface area is 280 Å². The van der Waals surface area contributed by atoms with Crippen molar-refractivity contribution in [3.05, 3.63) is 138 Å². The standard InChI is InChI=1S/C24H16NO.C16H20NSi.Ir/c1-16-8-10-17(11-9-16)18-12-13-19-20-5-4-6-21(22-7-2-3-14-25-22)24(20)26-23(19)15-18;1-12-6-8-14(9-7-12)15-10-13(2)16(11-17-15)18(3,4)5;/h2-5,7-15H,1H3;6-8,10-11H,1-5H3;/q2*-1;. The first-order chi connectivity index (χ1) is 21.2. The van der Waals surface area contributed by atoms with Gasteiger partial charge in [-0.25, -0.2) is 0 Å². The Bertz CT molecular complexity index is 2060. The molecular weight excluding hydrogens is 745 g/mol. The van der Waals surface area contributed by atoms with Gasteiger partial charge in [-0.05, 0) is 53.7 Å². The number of benzene rings is 4. The van der Waals surface area contributed by atoms with Crippen molar-refractivity contribution in [2.24, 2.45) is 0 Å². The summed E-state index contributed by atoms with van der Waals surface area (Å²) in [6.45, 7) is 13.4. The Morgan fingerprint density at radius 3 is 2.11 bits per heavy atom. The van der Waals surface area contributed by atoms with E-state index in [4.69, 9.17) is 4.42 Å². The van der Waals surface area contributed by atoms with Crippen molar-refractivity contribution >= 4 is 35.2 Å². The van der Waals surface area contributed by atoms with Crippen LogP contribution < -0.4 is 5.19 Å². The molecule has 5 heteroatoms. The Morgan fingerprint density at radius 2 is 1.44 bits per heavy atom. The number of pyridine rings is 2. The molecule has 0 saturated carbocycles. The van der Waals surface area contributed by atoms with Crippen LogP contribution in [0.3, 0.4) is 0 Å². The number of hydrogen-bond donors (Lipinski definition) is 0. The summed E-state index contributed by atoms with van der Waals surface area (Å²) in [7, 11) is -1.28. The van der Waals surface area contributed by atoms with E-state index in [0.29, 0.717) is 0 Å². The molecule has 0 saturated heterocycles. The molecular formula is C40H36IrN2OSi-2. The summed E-state index contributed by atoms with van der Waals surface area (Å²) in [5, 5.41) is 3.65. The zero-order chi connectivity index (χ0) is 30.8. The number of nitrogens with zero attached hydrogens (tertiary/aromatic N) is 2. The average Bonchev–Trinajstić information content (AvgIpc) is 3.40. The number of furan rings is 1. The first-order valence-electron chi connectivity index (χ1n) is 15.0. The van der Waals surface area contributed by atoms with E-state index in [1.807, 2.05) is 30.3 Å². The molecule has 7 rings (SSSR count). The zero-order valence-electron chi connectivity index (χ0n) is 26.5. The van der Waals surface area contributed by atoms with Gasteiger partial charge >= 0.3 is 0 Å². The first kappa shape index (κ1) is 32.2. The number of aromatic nitrogens is 2. The van der Waals surface area contributed by atoms with E-state index in [0.717, 1.165) is 50.0 Å². The first-order valence-corrected chi connectivity index (χ1v) is 18.5. The van der Waals surface area contributed by atoms with E-state index in [1.54, 1.807) is 6.20 Å². The molecule has 3 nitrogen and oxygen atoms in total. The molecule has 7 aromatic rings. The number of aryl methyl sites for hydroxylation is 3. The summed E-state index contributed by atoms with van der Waals surface area (Å²) >= 11 is 0. The molecule has 1 radical (unpaired) electrons. The van der Waals surface area contributed by atoms with Gasteiger partial charge in [0.05, 0.1) is 13.7 Å². The fourth-order valence-corrected chi connectivity index (χ4v) is 7.23. The Kier molecular flexibility index (Phi) is 9.64. The number of fused-ring (bicyclic) bond motifs is 3. The quantitative estimate of drug-likeness (QED) is 0.132. The number of rotatable bonds is 4. The van der Waals surface area contributed by atoms with Gasteiger partial charge in [0.25, 0.3) is 0 Å². The van der Waals surface area contributed by atoms with Crippen LogP contribution in [0.5, 0.6) is 0 Å². The van der Waals surface area contributed by atoms with E-state index in [2.05, 4.69) is 135 Å². The van der Waals surface area contributed by atoms with Crippen molar-refractivity contribution in [2.75, 3.05) is 0 Å². The maximum absolute atomic E-state index is 6.25. The van der Waals surface area contributed by atoms with Crippen molar-refractivity contribution in [1.82, 2.24) is 9.97 Å². The molecule has 0 amide bonds. The summed E-state index contributed by atoms with van der Waals surface area (Å²) in [6.07, 6.45) is 3.85. The Balaban J connectivity index is 0.000000186. The summed E-state index contributed by atoms with van der Waals surface area (Å²) in [6, 6.07) is 39.8. The minimum absolute atomic E-state index is 0. The third-order valence-electron chi connectivity index (χ3n) is 7.90. The molecule has 0 fully saturated rings. The Hall–Kier alpha value is -4.15. The van der Waals surface area contributed by atoms with Crippen molar-refractivity contribution in [2.45, 2.75) is 40.4 Å². The van der Waals surface area contributed by atoms with Gasteiger partial charge in [-0.15, -0.1) is 53.6 Å². The van der Waals surface area contributed by atoms with Gasteiger partial charge in [0.2, 0.25) is 0 Å². The van der Waals surface area contributed by atoms with Crippen LogP contribution in [0.15, 0.2) is 114 Å². The maximum atomic E-state index is 6.25. The molecule has 4 aromatic carbocycles. The molecule has 0 bridgehead atoms. The normalized spacial score (nSPS) is 11.2. The van der Waals surface area contributed by atoms with E-state index < -0.39 is 8.07 Å². The van der Waals surface area contributed by atoms with Gasteiger partial charge in [-0.1, -0.05) is 103 Å². The second-order valence-corrected chi connectivity index (χ2v) is 17.4. The summed E-state index contributed by atoms with van der Waals surface area (Å²) in [5.41, 5.74) is 11.8. The molecule has 0 atom stereocenters. The van der Waals surface area contributed by atoms with Gasteiger partial charge in [0.15, 0.2) is 0 Å². The molecule has 0 aliphatic heterocycles.